The van der Waals surface area contributed by atoms with Crippen molar-refractivity contribution in [2.75, 3.05) is 0 Å². The van der Waals surface area contributed by atoms with Crippen molar-refractivity contribution in [3.05, 3.63) is 64.7 Å². The van der Waals surface area contributed by atoms with Crippen LogP contribution in [0.5, 0.6) is 5.75 Å². The lowest BCUT2D eigenvalue weighted by molar-refractivity contribution is 0.0972. The third kappa shape index (κ3) is 3.22. The molecule has 22 heavy (non-hydrogen) atoms. The quantitative estimate of drug-likeness (QED) is 0.796. The van der Waals surface area contributed by atoms with Crippen LogP contribution in [0.25, 0.3) is 0 Å². The number of hydrogen-bond donors (Lipinski definition) is 0. The number of carbonyl (C=O) groups is 1. The summed E-state index contributed by atoms with van der Waals surface area (Å²) in [7, 11) is 0. The molecule has 1 aliphatic carbocycles. The molecule has 0 saturated carbocycles. The van der Waals surface area contributed by atoms with Crippen molar-refractivity contribution in [1.82, 2.24) is 0 Å². The summed E-state index contributed by atoms with van der Waals surface area (Å²) < 4.78 is 6.07. The molecule has 0 N–H and O–H groups in total. The number of ketones is 1. The summed E-state index contributed by atoms with van der Waals surface area (Å²) in [6.45, 7) is 2.73. The molecule has 0 aromatic heterocycles. The summed E-state index contributed by atoms with van der Waals surface area (Å²) in [6, 6.07) is 14.4. The van der Waals surface area contributed by atoms with E-state index in [2.05, 4.69) is 31.2 Å². The minimum absolute atomic E-state index is 0.285. The first-order chi connectivity index (χ1) is 10.8. The SMILES string of the molecule is CCCc1cc2c(cc1OCc1ccccc1)CCCC2=O. The lowest BCUT2D eigenvalue weighted by atomic mass is 9.88. The van der Waals surface area contributed by atoms with Gasteiger partial charge in [0.05, 0.1) is 0 Å². The second-order valence-corrected chi connectivity index (χ2v) is 5.92. The number of fused-ring (bicyclic) bond motifs is 1. The summed E-state index contributed by atoms with van der Waals surface area (Å²) in [5.41, 5.74) is 4.40. The van der Waals surface area contributed by atoms with E-state index in [-0.39, 0.29) is 5.78 Å². The second kappa shape index (κ2) is 6.78. The molecule has 3 rings (SSSR count). The van der Waals surface area contributed by atoms with E-state index in [1.807, 2.05) is 18.2 Å². The van der Waals surface area contributed by atoms with Crippen molar-refractivity contribution in [3.8, 4) is 5.75 Å². The Bertz CT molecular complexity index is 659. The molecule has 0 heterocycles. The first-order valence-corrected chi connectivity index (χ1v) is 8.13. The maximum absolute atomic E-state index is 12.1. The van der Waals surface area contributed by atoms with Crippen LogP contribution in [0.3, 0.4) is 0 Å². The van der Waals surface area contributed by atoms with Gasteiger partial charge in [-0.2, -0.15) is 0 Å². The molecule has 2 aromatic rings. The zero-order chi connectivity index (χ0) is 15.4. The Hall–Kier alpha value is -2.09. The number of aryl methyl sites for hydroxylation is 2. The molecule has 0 aliphatic heterocycles. The van der Waals surface area contributed by atoms with Gasteiger partial charge in [0.25, 0.3) is 0 Å². The highest BCUT2D eigenvalue weighted by Gasteiger charge is 2.20. The van der Waals surface area contributed by atoms with E-state index in [9.17, 15) is 4.79 Å². The fourth-order valence-corrected chi connectivity index (χ4v) is 3.04. The van der Waals surface area contributed by atoms with E-state index in [0.29, 0.717) is 13.0 Å². The van der Waals surface area contributed by atoms with E-state index in [4.69, 9.17) is 4.74 Å². The summed E-state index contributed by atoms with van der Waals surface area (Å²) in [5, 5.41) is 0. The maximum Gasteiger partial charge on any atom is 0.163 e. The zero-order valence-corrected chi connectivity index (χ0v) is 13.1. The first kappa shape index (κ1) is 14.8. The minimum Gasteiger partial charge on any atom is -0.489 e. The fourth-order valence-electron chi connectivity index (χ4n) is 3.04. The zero-order valence-electron chi connectivity index (χ0n) is 13.1. The summed E-state index contributed by atoms with van der Waals surface area (Å²) in [6.07, 6.45) is 4.62. The number of carbonyl (C=O) groups excluding carboxylic acids is 1. The standard InChI is InChI=1S/C20H22O2/c1-2-7-17-12-18-16(10-6-11-19(18)21)13-20(17)22-14-15-8-4-3-5-9-15/h3-5,8-9,12-13H,2,6-7,10-11,14H2,1H3. The van der Waals surface area contributed by atoms with E-state index in [1.54, 1.807) is 0 Å². The average Bonchev–Trinajstić information content (AvgIpc) is 2.55. The Balaban J connectivity index is 1.87. The molecular weight excluding hydrogens is 272 g/mol. The van der Waals surface area contributed by atoms with Crippen LogP contribution >= 0.6 is 0 Å². The van der Waals surface area contributed by atoms with Gasteiger partial charge in [-0.1, -0.05) is 43.7 Å². The molecule has 0 atom stereocenters. The highest BCUT2D eigenvalue weighted by molar-refractivity contribution is 5.98. The van der Waals surface area contributed by atoms with Gasteiger partial charge in [0, 0.05) is 12.0 Å². The van der Waals surface area contributed by atoms with Crippen LogP contribution in [-0.4, -0.2) is 5.78 Å². The van der Waals surface area contributed by atoms with E-state index >= 15 is 0 Å². The smallest absolute Gasteiger partial charge is 0.163 e. The van der Waals surface area contributed by atoms with Gasteiger partial charge >= 0.3 is 0 Å². The van der Waals surface area contributed by atoms with Gasteiger partial charge in [-0.05, 0) is 48.1 Å². The number of hydrogen-bond acceptors (Lipinski definition) is 2. The van der Waals surface area contributed by atoms with Gasteiger partial charge < -0.3 is 4.74 Å². The predicted molar refractivity (Wildman–Crippen MR) is 88.5 cm³/mol. The van der Waals surface area contributed by atoms with Crippen LogP contribution in [0.4, 0.5) is 0 Å². The lowest BCUT2D eigenvalue weighted by Gasteiger charge is -2.19. The molecule has 0 saturated heterocycles. The van der Waals surface area contributed by atoms with Crippen LogP contribution in [0.1, 0.15) is 53.2 Å². The minimum atomic E-state index is 0.285. The molecule has 2 aromatic carbocycles. The topological polar surface area (TPSA) is 26.3 Å². The predicted octanol–water partition coefficient (Wildman–Crippen LogP) is 4.74. The Labute approximate surface area is 132 Å². The second-order valence-electron chi connectivity index (χ2n) is 5.92. The normalized spacial score (nSPS) is 13.8. The molecule has 2 nitrogen and oxygen atoms in total. The van der Waals surface area contributed by atoms with Crippen LogP contribution in [0.15, 0.2) is 42.5 Å². The molecule has 0 radical (unpaired) electrons. The molecule has 0 bridgehead atoms. The average molecular weight is 294 g/mol. The van der Waals surface area contributed by atoms with Gasteiger partial charge in [0.1, 0.15) is 12.4 Å². The van der Waals surface area contributed by atoms with Crippen molar-refractivity contribution >= 4 is 5.78 Å². The van der Waals surface area contributed by atoms with Crippen molar-refractivity contribution in [1.29, 1.82) is 0 Å². The van der Waals surface area contributed by atoms with Gasteiger partial charge in [0.2, 0.25) is 0 Å². The third-order valence-corrected chi connectivity index (χ3v) is 4.19. The lowest BCUT2D eigenvalue weighted by Crippen LogP contribution is -2.12. The number of Topliss-reactive ketones (excluding diaryl/α,β-unsaturated/α-hetero) is 1. The Kier molecular flexibility index (Phi) is 4.57. The maximum atomic E-state index is 12.1. The monoisotopic (exact) mass is 294 g/mol. The van der Waals surface area contributed by atoms with Gasteiger partial charge in [-0.15, -0.1) is 0 Å². The van der Waals surface area contributed by atoms with Crippen molar-refractivity contribution in [2.45, 2.75) is 45.6 Å². The van der Waals surface area contributed by atoms with Crippen molar-refractivity contribution in [2.24, 2.45) is 0 Å². The fraction of sp³-hybridized carbons (Fsp3) is 0.350. The summed E-state index contributed by atoms with van der Waals surface area (Å²) >= 11 is 0. The summed E-state index contributed by atoms with van der Waals surface area (Å²) in [4.78, 5) is 12.1. The molecule has 2 heteroatoms. The molecule has 0 spiro atoms. The Morgan fingerprint density at radius 2 is 1.91 bits per heavy atom. The van der Waals surface area contributed by atoms with Gasteiger partial charge in [-0.25, -0.2) is 0 Å². The largest absolute Gasteiger partial charge is 0.489 e. The van der Waals surface area contributed by atoms with Crippen LogP contribution < -0.4 is 4.74 Å². The number of ether oxygens (including phenoxy) is 1. The van der Waals surface area contributed by atoms with Gasteiger partial charge in [-0.3, -0.25) is 4.79 Å². The van der Waals surface area contributed by atoms with Crippen LogP contribution in [-0.2, 0) is 19.4 Å². The van der Waals surface area contributed by atoms with E-state index in [1.165, 1.54) is 5.56 Å². The molecule has 114 valence electrons. The molecule has 0 amide bonds. The highest BCUT2D eigenvalue weighted by atomic mass is 16.5. The molecule has 0 unspecified atom stereocenters. The molecule has 1 aliphatic rings. The number of benzene rings is 2. The van der Waals surface area contributed by atoms with E-state index in [0.717, 1.165) is 48.1 Å². The van der Waals surface area contributed by atoms with Crippen LogP contribution in [0, 0.1) is 0 Å². The first-order valence-electron chi connectivity index (χ1n) is 8.13. The van der Waals surface area contributed by atoms with Crippen molar-refractivity contribution in [3.63, 3.8) is 0 Å². The summed E-state index contributed by atoms with van der Waals surface area (Å²) in [5.74, 6) is 1.23. The highest BCUT2D eigenvalue weighted by Crippen LogP contribution is 2.30. The Morgan fingerprint density at radius 1 is 1.09 bits per heavy atom. The molecule has 0 fully saturated rings. The third-order valence-electron chi connectivity index (χ3n) is 4.19. The van der Waals surface area contributed by atoms with E-state index < -0.39 is 0 Å². The molecular formula is C20H22O2. The Morgan fingerprint density at radius 3 is 2.68 bits per heavy atom. The number of rotatable bonds is 5. The van der Waals surface area contributed by atoms with Crippen molar-refractivity contribution < 1.29 is 9.53 Å². The van der Waals surface area contributed by atoms with Gasteiger partial charge in [0.15, 0.2) is 5.78 Å². The van der Waals surface area contributed by atoms with Crippen LogP contribution in [0.2, 0.25) is 0 Å².